The van der Waals surface area contributed by atoms with Gasteiger partial charge in [-0.2, -0.15) is 0 Å². The molecule has 4 N–H and O–H groups in total. The van der Waals surface area contributed by atoms with Gasteiger partial charge in [0.1, 0.15) is 0 Å². The van der Waals surface area contributed by atoms with Crippen LogP contribution in [0.2, 0.25) is 0 Å². The molecule has 2 amide bonds. The highest BCUT2D eigenvalue weighted by atomic mass is 16.5. The van der Waals surface area contributed by atoms with E-state index in [1.54, 1.807) is 0 Å². The Morgan fingerprint density at radius 3 is 2.65 bits per heavy atom. The van der Waals surface area contributed by atoms with Gasteiger partial charge in [0.25, 0.3) is 0 Å². The number of ether oxygens (including phenoxy) is 1. The summed E-state index contributed by atoms with van der Waals surface area (Å²) < 4.78 is 5.35. The number of hydrogen-bond acceptors (Lipinski definition) is 5. The van der Waals surface area contributed by atoms with Crippen molar-refractivity contribution in [1.82, 2.24) is 9.80 Å². The highest BCUT2D eigenvalue weighted by Gasteiger charge is 2.46. The first-order valence-electron chi connectivity index (χ1n) is 7.07. The summed E-state index contributed by atoms with van der Waals surface area (Å²) in [6.45, 7) is 5.69. The van der Waals surface area contributed by atoms with Gasteiger partial charge in [-0.25, -0.2) is 0 Å². The summed E-state index contributed by atoms with van der Waals surface area (Å²) >= 11 is 0. The molecule has 0 bridgehead atoms. The van der Waals surface area contributed by atoms with Gasteiger partial charge in [-0.3, -0.25) is 14.5 Å². The lowest BCUT2D eigenvalue weighted by Gasteiger charge is -2.32. The lowest BCUT2D eigenvalue weighted by atomic mass is 9.84. The highest BCUT2D eigenvalue weighted by molar-refractivity contribution is 5.83. The van der Waals surface area contributed by atoms with E-state index in [9.17, 15) is 9.59 Å². The van der Waals surface area contributed by atoms with E-state index in [0.717, 1.165) is 13.0 Å². The fourth-order valence-electron chi connectivity index (χ4n) is 2.82. The molecule has 7 nitrogen and oxygen atoms in total. The van der Waals surface area contributed by atoms with E-state index in [4.69, 9.17) is 16.2 Å². The lowest BCUT2D eigenvalue weighted by Crippen LogP contribution is -2.52. The van der Waals surface area contributed by atoms with Gasteiger partial charge in [0.05, 0.1) is 25.2 Å². The zero-order chi connectivity index (χ0) is 14.8. The topological polar surface area (TPSA) is 102 Å². The van der Waals surface area contributed by atoms with Crippen molar-refractivity contribution in [3.8, 4) is 0 Å². The van der Waals surface area contributed by atoms with Crippen LogP contribution >= 0.6 is 0 Å². The third kappa shape index (κ3) is 3.11. The van der Waals surface area contributed by atoms with Crippen molar-refractivity contribution in [3.05, 3.63) is 0 Å². The van der Waals surface area contributed by atoms with E-state index in [1.807, 2.05) is 16.7 Å². The number of amides is 2. The summed E-state index contributed by atoms with van der Waals surface area (Å²) in [6.07, 6.45) is 0.838. The molecule has 0 aromatic carbocycles. The van der Waals surface area contributed by atoms with E-state index in [0.29, 0.717) is 32.8 Å². The van der Waals surface area contributed by atoms with Crippen LogP contribution < -0.4 is 11.5 Å². The quantitative estimate of drug-likeness (QED) is 0.648. The summed E-state index contributed by atoms with van der Waals surface area (Å²) in [6, 6.07) is -0.250. The number of carbonyl (C=O) groups is 2. The highest BCUT2D eigenvalue weighted by Crippen LogP contribution is 2.29. The second-order valence-corrected chi connectivity index (χ2v) is 5.93. The number of primary amides is 1. The Labute approximate surface area is 119 Å². The molecule has 2 aliphatic heterocycles. The number of carbonyl (C=O) groups excluding carboxylic acids is 2. The Kier molecular flexibility index (Phi) is 4.62. The molecule has 2 rings (SSSR count). The number of nitrogens with zero attached hydrogens (tertiary/aromatic N) is 2. The molecule has 2 saturated heterocycles. The zero-order valence-electron chi connectivity index (χ0n) is 12.0. The molecule has 0 aliphatic carbocycles. The van der Waals surface area contributed by atoms with Crippen LogP contribution in [0.25, 0.3) is 0 Å². The zero-order valence-corrected chi connectivity index (χ0v) is 12.0. The van der Waals surface area contributed by atoms with E-state index >= 15 is 0 Å². The van der Waals surface area contributed by atoms with Crippen molar-refractivity contribution in [1.29, 1.82) is 0 Å². The van der Waals surface area contributed by atoms with Crippen LogP contribution in [0.3, 0.4) is 0 Å². The van der Waals surface area contributed by atoms with E-state index < -0.39 is 5.41 Å². The van der Waals surface area contributed by atoms with E-state index in [-0.39, 0.29) is 24.4 Å². The molecule has 0 saturated carbocycles. The number of rotatable bonds is 3. The Morgan fingerprint density at radius 1 is 1.30 bits per heavy atom. The molecular formula is C13H24N4O3. The van der Waals surface area contributed by atoms with Crippen LogP contribution in [0.15, 0.2) is 0 Å². The number of hydrogen-bond donors (Lipinski definition) is 2. The van der Waals surface area contributed by atoms with Crippen molar-refractivity contribution in [2.75, 3.05) is 45.9 Å². The van der Waals surface area contributed by atoms with Gasteiger partial charge in [-0.05, 0) is 13.3 Å². The molecule has 2 unspecified atom stereocenters. The SMILES string of the molecule is CC1(C(=O)N2CCCN(CC(N)=O)CC2)COCC1N. The molecule has 0 aromatic rings. The molecule has 20 heavy (non-hydrogen) atoms. The Hall–Kier alpha value is -1.18. The number of nitrogens with two attached hydrogens (primary N) is 2. The maximum Gasteiger partial charge on any atom is 0.232 e. The smallest absolute Gasteiger partial charge is 0.232 e. The van der Waals surface area contributed by atoms with Crippen molar-refractivity contribution in [2.45, 2.75) is 19.4 Å². The minimum atomic E-state index is -0.626. The van der Waals surface area contributed by atoms with Crippen molar-refractivity contribution in [3.63, 3.8) is 0 Å². The van der Waals surface area contributed by atoms with Crippen molar-refractivity contribution < 1.29 is 14.3 Å². The first-order valence-corrected chi connectivity index (χ1v) is 7.07. The Bertz CT molecular complexity index is 390. The lowest BCUT2D eigenvalue weighted by molar-refractivity contribution is -0.141. The van der Waals surface area contributed by atoms with E-state index in [2.05, 4.69) is 0 Å². The fourth-order valence-corrected chi connectivity index (χ4v) is 2.82. The summed E-state index contributed by atoms with van der Waals surface area (Å²) in [7, 11) is 0. The van der Waals surface area contributed by atoms with Crippen LogP contribution in [-0.2, 0) is 14.3 Å². The monoisotopic (exact) mass is 284 g/mol. The molecule has 2 heterocycles. The Balaban J connectivity index is 1.96. The summed E-state index contributed by atoms with van der Waals surface area (Å²) in [4.78, 5) is 27.5. The summed E-state index contributed by atoms with van der Waals surface area (Å²) in [5.74, 6) is -0.272. The van der Waals surface area contributed by atoms with Gasteiger partial charge in [0, 0.05) is 32.2 Å². The molecule has 7 heteroatoms. The van der Waals surface area contributed by atoms with Crippen molar-refractivity contribution in [2.24, 2.45) is 16.9 Å². The minimum absolute atomic E-state index is 0.0587. The first-order chi connectivity index (χ1) is 9.43. The van der Waals surface area contributed by atoms with Gasteiger partial charge in [-0.15, -0.1) is 0 Å². The van der Waals surface area contributed by atoms with Gasteiger partial charge in [0.15, 0.2) is 0 Å². The predicted octanol–water partition coefficient (Wildman–Crippen LogP) is -1.63. The minimum Gasteiger partial charge on any atom is -0.379 e. The molecule has 2 fully saturated rings. The molecule has 0 spiro atoms. The standard InChI is InChI=1S/C13H24N4O3/c1-13(9-20-8-10(13)14)12(19)17-4-2-3-16(5-6-17)7-11(15)18/h10H,2-9,14H2,1H3,(H2,15,18). The van der Waals surface area contributed by atoms with Crippen molar-refractivity contribution >= 4 is 11.8 Å². The third-order valence-electron chi connectivity index (χ3n) is 4.26. The van der Waals surface area contributed by atoms with Crippen LogP contribution in [0.1, 0.15) is 13.3 Å². The maximum atomic E-state index is 12.7. The first kappa shape index (κ1) is 15.2. The maximum absolute atomic E-state index is 12.7. The Morgan fingerprint density at radius 2 is 2.05 bits per heavy atom. The van der Waals surface area contributed by atoms with Gasteiger partial charge in [0.2, 0.25) is 11.8 Å². The summed E-state index contributed by atoms with van der Waals surface area (Å²) in [5.41, 5.74) is 10.6. The second kappa shape index (κ2) is 6.07. The molecule has 114 valence electrons. The second-order valence-electron chi connectivity index (χ2n) is 5.93. The molecule has 0 aromatic heterocycles. The van der Waals surface area contributed by atoms with Crippen LogP contribution in [-0.4, -0.2) is 73.6 Å². The van der Waals surface area contributed by atoms with Gasteiger partial charge >= 0.3 is 0 Å². The molecular weight excluding hydrogens is 260 g/mol. The average molecular weight is 284 g/mol. The third-order valence-corrected chi connectivity index (χ3v) is 4.26. The van der Waals surface area contributed by atoms with Crippen LogP contribution in [0, 0.1) is 5.41 Å². The predicted molar refractivity (Wildman–Crippen MR) is 73.7 cm³/mol. The molecule has 2 aliphatic rings. The van der Waals surface area contributed by atoms with Gasteiger partial charge < -0.3 is 21.1 Å². The van der Waals surface area contributed by atoms with Gasteiger partial charge in [-0.1, -0.05) is 0 Å². The molecule has 0 radical (unpaired) electrons. The largest absolute Gasteiger partial charge is 0.379 e. The fraction of sp³-hybridized carbons (Fsp3) is 0.846. The van der Waals surface area contributed by atoms with Crippen LogP contribution in [0.5, 0.6) is 0 Å². The summed E-state index contributed by atoms with van der Waals surface area (Å²) in [5, 5.41) is 0. The van der Waals surface area contributed by atoms with Crippen LogP contribution in [0.4, 0.5) is 0 Å². The average Bonchev–Trinajstić information content (AvgIpc) is 2.61. The molecule has 2 atom stereocenters. The van der Waals surface area contributed by atoms with E-state index in [1.165, 1.54) is 0 Å². The normalized spacial score (nSPS) is 32.1.